The van der Waals surface area contributed by atoms with E-state index in [9.17, 15) is 4.79 Å². The van der Waals surface area contributed by atoms with Crippen molar-refractivity contribution in [3.05, 3.63) is 59.7 Å². The molecule has 20 heavy (non-hydrogen) atoms. The topological polar surface area (TPSA) is 41.1 Å². The maximum atomic E-state index is 12.0. The van der Waals surface area contributed by atoms with Crippen LogP contribution in [0.4, 0.5) is 0 Å². The molecule has 0 fully saturated rings. The summed E-state index contributed by atoms with van der Waals surface area (Å²) < 4.78 is 0. The summed E-state index contributed by atoms with van der Waals surface area (Å²) in [6.45, 7) is 3.82. The Morgan fingerprint density at radius 2 is 1.85 bits per heavy atom. The van der Waals surface area contributed by atoms with Gasteiger partial charge in [-0.2, -0.15) is 0 Å². The summed E-state index contributed by atoms with van der Waals surface area (Å²) in [5, 5.41) is 6.00. The van der Waals surface area contributed by atoms with Gasteiger partial charge in [-0.1, -0.05) is 43.3 Å². The average molecular weight is 268 g/mol. The third kappa shape index (κ3) is 3.25. The average Bonchev–Trinajstić information content (AvgIpc) is 2.52. The lowest BCUT2D eigenvalue weighted by molar-refractivity contribution is 0.0963. The predicted molar refractivity (Wildman–Crippen MR) is 82.6 cm³/mol. The first-order chi connectivity index (χ1) is 9.76. The van der Waals surface area contributed by atoms with Gasteiger partial charge in [0.15, 0.2) is 0 Å². The van der Waals surface area contributed by atoms with Crippen molar-refractivity contribution in [3.63, 3.8) is 0 Å². The van der Waals surface area contributed by atoms with E-state index in [1.165, 1.54) is 5.56 Å². The third-order valence-electron chi connectivity index (χ3n) is 3.22. The number of amides is 1. The first-order valence-corrected chi connectivity index (χ1v) is 6.87. The maximum absolute atomic E-state index is 12.0. The fourth-order valence-corrected chi connectivity index (χ4v) is 2.16. The zero-order chi connectivity index (χ0) is 14.4. The van der Waals surface area contributed by atoms with Gasteiger partial charge in [-0.15, -0.1) is 0 Å². The van der Waals surface area contributed by atoms with Crippen LogP contribution >= 0.6 is 0 Å². The van der Waals surface area contributed by atoms with Crippen LogP contribution in [-0.2, 0) is 6.54 Å². The van der Waals surface area contributed by atoms with E-state index in [1.54, 1.807) is 7.05 Å². The molecule has 2 N–H and O–H groups in total. The lowest BCUT2D eigenvalue weighted by Crippen LogP contribution is -2.19. The molecular weight excluding hydrogens is 248 g/mol. The highest BCUT2D eigenvalue weighted by atomic mass is 16.1. The molecule has 0 unspecified atom stereocenters. The van der Waals surface area contributed by atoms with E-state index in [0.717, 1.165) is 24.2 Å². The molecule has 0 atom stereocenters. The fraction of sp³-hybridized carbons (Fsp3) is 0.235. The Kier molecular flexibility index (Phi) is 4.91. The number of hydrogen-bond acceptors (Lipinski definition) is 2. The monoisotopic (exact) mass is 268 g/mol. The molecule has 0 heterocycles. The Balaban J connectivity index is 2.45. The van der Waals surface area contributed by atoms with Crippen molar-refractivity contribution in [1.29, 1.82) is 0 Å². The van der Waals surface area contributed by atoms with E-state index in [-0.39, 0.29) is 5.91 Å². The van der Waals surface area contributed by atoms with Gasteiger partial charge in [0.05, 0.1) is 0 Å². The molecule has 0 aromatic heterocycles. The summed E-state index contributed by atoms with van der Waals surface area (Å²) in [5.74, 6) is -0.0566. The first-order valence-electron chi connectivity index (χ1n) is 6.87. The van der Waals surface area contributed by atoms with Gasteiger partial charge < -0.3 is 10.6 Å². The smallest absolute Gasteiger partial charge is 0.251 e. The quantitative estimate of drug-likeness (QED) is 0.875. The normalized spacial score (nSPS) is 10.3. The molecule has 2 rings (SSSR count). The predicted octanol–water partition coefficient (Wildman–Crippen LogP) is 2.82. The third-order valence-corrected chi connectivity index (χ3v) is 3.22. The number of rotatable bonds is 5. The number of benzene rings is 2. The summed E-state index contributed by atoms with van der Waals surface area (Å²) in [6.07, 6.45) is 0. The number of nitrogens with one attached hydrogen (secondary N) is 2. The second kappa shape index (κ2) is 6.87. The molecule has 2 aromatic carbocycles. The lowest BCUT2D eigenvalue weighted by atomic mass is 9.96. The van der Waals surface area contributed by atoms with E-state index in [2.05, 4.69) is 23.6 Å². The van der Waals surface area contributed by atoms with Crippen molar-refractivity contribution in [2.24, 2.45) is 0 Å². The second-order valence-corrected chi connectivity index (χ2v) is 4.61. The molecule has 0 aliphatic heterocycles. The van der Waals surface area contributed by atoms with Crippen LogP contribution in [-0.4, -0.2) is 19.5 Å². The summed E-state index contributed by atoms with van der Waals surface area (Å²) in [5.41, 5.74) is 3.92. The largest absolute Gasteiger partial charge is 0.355 e. The van der Waals surface area contributed by atoms with E-state index in [1.807, 2.05) is 42.5 Å². The zero-order valence-electron chi connectivity index (χ0n) is 11.9. The molecule has 0 aliphatic rings. The molecule has 0 saturated carbocycles. The minimum Gasteiger partial charge on any atom is -0.355 e. The number of hydrogen-bond donors (Lipinski definition) is 2. The van der Waals surface area contributed by atoms with Crippen LogP contribution in [0.1, 0.15) is 22.8 Å². The minimum absolute atomic E-state index is 0.0566. The van der Waals surface area contributed by atoms with Crippen molar-refractivity contribution in [2.75, 3.05) is 13.6 Å². The SMILES string of the molecule is CCNCc1ccc(C(=O)NC)c(-c2ccccc2)c1. The molecule has 0 bridgehead atoms. The summed E-state index contributed by atoms with van der Waals surface area (Å²) in [7, 11) is 1.66. The van der Waals surface area contributed by atoms with Gasteiger partial charge in [-0.05, 0) is 35.4 Å². The van der Waals surface area contributed by atoms with Gasteiger partial charge in [0, 0.05) is 19.2 Å². The van der Waals surface area contributed by atoms with Crippen molar-refractivity contribution in [3.8, 4) is 11.1 Å². The Labute approximate surface area is 120 Å². The van der Waals surface area contributed by atoms with E-state index < -0.39 is 0 Å². The van der Waals surface area contributed by atoms with E-state index in [0.29, 0.717) is 5.56 Å². The standard InChI is InChI=1S/C17H20N2O/c1-3-19-12-13-9-10-15(17(20)18-2)16(11-13)14-7-5-4-6-8-14/h4-11,19H,3,12H2,1-2H3,(H,18,20). The van der Waals surface area contributed by atoms with E-state index >= 15 is 0 Å². The molecular formula is C17H20N2O. The Bertz CT molecular complexity index is 579. The molecule has 0 radical (unpaired) electrons. The maximum Gasteiger partial charge on any atom is 0.251 e. The van der Waals surface area contributed by atoms with Gasteiger partial charge in [0.2, 0.25) is 0 Å². The van der Waals surface area contributed by atoms with Crippen LogP contribution in [0.5, 0.6) is 0 Å². The summed E-state index contributed by atoms with van der Waals surface area (Å²) >= 11 is 0. The fourth-order valence-electron chi connectivity index (χ4n) is 2.16. The van der Waals surface area contributed by atoms with Crippen LogP contribution in [0.3, 0.4) is 0 Å². The highest BCUT2D eigenvalue weighted by molar-refractivity contribution is 6.00. The Morgan fingerprint density at radius 3 is 2.50 bits per heavy atom. The van der Waals surface area contributed by atoms with Gasteiger partial charge >= 0.3 is 0 Å². The molecule has 0 spiro atoms. The molecule has 2 aromatic rings. The van der Waals surface area contributed by atoms with Crippen LogP contribution in [0, 0.1) is 0 Å². The van der Waals surface area contributed by atoms with Gasteiger partial charge in [-0.3, -0.25) is 4.79 Å². The molecule has 104 valence electrons. The van der Waals surface area contributed by atoms with Crippen molar-refractivity contribution in [1.82, 2.24) is 10.6 Å². The Hall–Kier alpha value is -2.13. The zero-order valence-corrected chi connectivity index (χ0v) is 11.9. The highest BCUT2D eigenvalue weighted by Gasteiger charge is 2.12. The molecule has 0 saturated heterocycles. The first kappa shape index (κ1) is 14.3. The van der Waals surface area contributed by atoms with Crippen LogP contribution in [0.15, 0.2) is 48.5 Å². The second-order valence-electron chi connectivity index (χ2n) is 4.61. The van der Waals surface area contributed by atoms with Gasteiger partial charge in [0.1, 0.15) is 0 Å². The number of carbonyl (C=O) groups is 1. The lowest BCUT2D eigenvalue weighted by Gasteiger charge is -2.11. The minimum atomic E-state index is -0.0566. The molecule has 3 nitrogen and oxygen atoms in total. The summed E-state index contributed by atoms with van der Waals surface area (Å²) in [4.78, 5) is 12.0. The van der Waals surface area contributed by atoms with Crippen LogP contribution < -0.4 is 10.6 Å². The van der Waals surface area contributed by atoms with Gasteiger partial charge in [0.25, 0.3) is 5.91 Å². The highest BCUT2D eigenvalue weighted by Crippen LogP contribution is 2.25. The van der Waals surface area contributed by atoms with Crippen molar-refractivity contribution in [2.45, 2.75) is 13.5 Å². The van der Waals surface area contributed by atoms with Crippen molar-refractivity contribution < 1.29 is 4.79 Å². The molecule has 3 heteroatoms. The summed E-state index contributed by atoms with van der Waals surface area (Å²) in [6, 6.07) is 16.0. The molecule has 0 aliphatic carbocycles. The Morgan fingerprint density at radius 1 is 1.10 bits per heavy atom. The number of carbonyl (C=O) groups excluding carboxylic acids is 1. The van der Waals surface area contributed by atoms with Crippen LogP contribution in [0.2, 0.25) is 0 Å². The molecule has 1 amide bonds. The van der Waals surface area contributed by atoms with Crippen molar-refractivity contribution >= 4 is 5.91 Å². The van der Waals surface area contributed by atoms with E-state index in [4.69, 9.17) is 0 Å². The van der Waals surface area contributed by atoms with Crippen LogP contribution in [0.25, 0.3) is 11.1 Å². The van der Waals surface area contributed by atoms with Gasteiger partial charge in [-0.25, -0.2) is 0 Å².